The van der Waals surface area contributed by atoms with Crippen LogP contribution in [0.25, 0.3) is 11.0 Å². The summed E-state index contributed by atoms with van der Waals surface area (Å²) in [6, 6.07) is 3.05. The molecule has 2 rings (SSSR count). The third-order valence-corrected chi connectivity index (χ3v) is 2.70. The maximum absolute atomic E-state index is 11.7. The van der Waals surface area contributed by atoms with E-state index in [0.717, 1.165) is 0 Å². The minimum absolute atomic E-state index is 0.0206. The Balaban J connectivity index is 2.84. The van der Waals surface area contributed by atoms with Crippen LogP contribution in [0.15, 0.2) is 29.2 Å². The van der Waals surface area contributed by atoms with E-state index in [1.807, 2.05) is 0 Å². The second-order valence-corrected chi connectivity index (χ2v) is 3.76. The Morgan fingerprint density at radius 1 is 1.61 bits per heavy atom. The second-order valence-electron chi connectivity index (χ2n) is 3.76. The predicted octanol–water partition coefficient (Wildman–Crippen LogP) is 2.24. The number of methoxy groups -OCH3 is 1. The number of anilines is 1. The van der Waals surface area contributed by atoms with Gasteiger partial charge in [0, 0.05) is 10.9 Å². The van der Waals surface area contributed by atoms with Gasteiger partial charge >= 0.3 is 5.97 Å². The molecule has 0 saturated heterocycles. The lowest BCUT2D eigenvalue weighted by Crippen LogP contribution is -2.04. The Morgan fingerprint density at radius 2 is 2.33 bits per heavy atom. The molecule has 0 aliphatic heterocycles. The molecule has 18 heavy (non-hydrogen) atoms. The van der Waals surface area contributed by atoms with E-state index in [9.17, 15) is 9.90 Å². The number of ether oxygens (including phenoxy) is 1. The van der Waals surface area contributed by atoms with Crippen LogP contribution in [-0.2, 0) is 11.2 Å². The lowest BCUT2D eigenvalue weighted by Gasteiger charge is -2.04. The number of phenolic OH excluding ortho intramolecular Hbond substituents is 1. The average Bonchev–Trinajstić information content (AvgIpc) is 2.69. The summed E-state index contributed by atoms with van der Waals surface area (Å²) < 4.78 is 9.97. The van der Waals surface area contributed by atoms with E-state index in [1.54, 1.807) is 12.1 Å². The van der Waals surface area contributed by atoms with Gasteiger partial charge in [0.2, 0.25) is 5.88 Å². The topological polar surface area (TPSA) is 85.7 Å². The van der Waals surface area contributed by atoms with E-state index in [2.05, 4.69) is 11.3 Å². The fourth-order valence-electron chi connectivity index (χ4n) is 1.92. The van der Waals surface area contributed by atoms with E-state index in [-0.39, 0.29) is 17.2 Å². The molecule has 5 nitrogen and oxygen atoms in total. The van der Waals surface area contributed by atoms with Crippen molar-refractivity contribution in [3.63, 3.8) is 0 Å². The zero-order chi connectivity index (χ0) is 13.3. The molecule has 2 aromatic rings. The molecule has 0 bridgehead atoms. The smallest absolute Gasteiger partial charge is 0.344 e. The van der Waals surface area contributed by atoms with Crippen LogP contribution in [-0.4, -0.2) is 18.2 Å². The summed E-state index contributed by atoms with van der Waals surface area (Å²) in [5.41, 5.74) is 6.79. The van der Waals surface area contributed by atoms with Gasteiger partial charge in [0.15, 0.2) is 0 Å². The van der Waals surface area contributed by atoms with Crippen LogP contribution in [0.5, 0.6) is 5.75 Å². The Kier molecular flexibility index (Phi) is 2.97. The van der Waals surface area contributed by atoms with Crippen LogP contribution in [0.2, 0.25) is 0 Å². The Bertz CT molecular complexity index is 627. The molecule has 94 valence electrons. The van der Waals surface area contributed by atoms with Crippen molar-refractivity contribution in [2.75, 3.05) is 12.8 Å². The molecule has 0 unspecified atom stereocenters. The minimum Gasteiger partial charge on any atom is -0.508 e. The molecule has 0 aliphatic rings. The van der Waals surface area contributed by atoms with Gasteiger partial charge in [-0.1, -0.05) is 6.08 Å². The number of aromatic hydroxyl groups is 1. The van der Waals surface area contributed by atoms with Crippen molar-refractivity contribution in [2.24, 2.45) is 0 Å². The molecule has 0 spiro atoms. The van der Waals surface area contributed by atoms with Crippen molar-refractivity contribution >= 4 is 22.8 Å². The number of hydrogen-bond acceptors (Lipinski definition) is 5. The molecule has 1 aromatic carbocycles. The first kappa shape index (κ1) is 12.0. The largest absolute Gasteiger partial charge is 0.508 e. The maximum atomic E-state index is 11.7. The first-order chi connectivity index (χ1) is 8.60. The van der Waals surface area contributed by atoms with E-state index in [0.29, 0.717) is 23.0 Å². The van der Waals surface area contributed by atoms with Gasteiger partial charge in [-0.05, 0) is 18.6 Å². The number of benzene rings is 1. The van der Waals surface area contributed by atoms with Crippen LogP contribution in [0.4, 0.5) is 5.88 Å². The molecule has 0 atom stereocenters. The quantitative estimate of drug-likeness (QED) is 0.641. The number of nitrogens with two attached hydrogens (primary N) is 1. The van der Waals surface area contributed by atoms with Crippen molar-refractivity contribution < 1.29 is 19.1 Å². The summed E-state index contributed by atoms with van der Waals surface area (Å²) in [5, 5.41) is 10.3. The van der Waals surface area contributed by atoms with Crippen LogP contribution in [0.1, 0.15) is 15.9 Å². The van der Waals surface area contributed by atoms with E-state index >= 15 is 0 Å². The highest BCUT2D eigenvalue weighted by Gasteiger charge is 2.23. The number of rotatable bonds is 3. The van der Waals surface area contributed by atoms with Gasteiger partial charge in [-0.25, -0.2) is 4.79 Å². The molecule has 0 saturated carbocycles. The Hall–Kier alpha value is -2.43. The third-order valence-electron chi connectivity index (χ3n) is 2.70. The monoisotopic (exact) mass is 247 g/mol. The Morgan fingerprint density at radius 3 is 2.94 bits per heavy atom. The summed E-state index contributed by atoms with van der Waals surface area (Å²) in [4.78, 5) is 11.7. The standard InChI is InChI=1S/C13H13NO4/c1-3-4-7-8(15)5-6-9-10(7)11(12(14)18-9)13(16)17-2/h3,5-6,15H,1,4,14H2,2H3. The normalized spacial score (nSPS) is 10.5. The van der Waals surface area contributed by atoms with Crippen LogP contribution in [0.3, 0.4) is 0 Å². The molecule has 0 amide bonds. The summed E-state index contributed by atoms with van der Waals surface area (Å²) in [7, 11) is 1.26. The maximum Gasteiger partial charge on any atom is 0.344 e. The average molecular weight is 247 g/mol. The summed E-state index contributed by atoms with van der Waals surface area (Å²) in [6.07, 6.45) is 2.02. The highest BCUT2D eigenvalue weighted by Crippen LogP contribution is 2.35. The number of phenols is 1. The Labute approximate surface area is 103 Å². The van der Waals surface area contributed by atoms with Gasteiger partial charge in [0.1, 0.15) is 16.9 Å². The highest BCUT2D eigenvalue weighted by atomic mass is 16.5. The molecular weight excluding hydrogens is 234 g/mol. The van der Waals surface area contributed by atoms with Gasteiger partial charge in [-0.15, -0.1) is 6.58 Å². The minimum atomic E-state index is -0.595. The third kappa shape index (κ3) is 1.69. The summed E-state index contributed by atoms with van der Waals surface area (Å²) >= 11 is 0. The van der Waals surface area contributed by atoms with Gasteiger partial charge in [0.05, 0.1) is 7.11 Å². The zero-order valence-electron chi connectivity index (χ0n) is 9.90. The number of carbonyl (C=O) groups excluding carboxylic acids is 1. The fourth-order valence-corrected chi connectivity index (χ4v) is 1.92. The number of carbonyl (C=O) groups is 1. The van der Waals surface area contributed by atoms with Gasteiger partial charge < -0.3 is 20.0 Å². The predicted molar refractivity (Wildman–Crippen MR) is 67.5 cm³/mol. The lowest BCUT2D eigenvalue weighted by atomic mass is 10.0. The number of hydrogen-bond donors (Lipinski definition) is 2. The van der Waals surface area contributed by atoms with Gasteiger partial charge in [-0.3, -0.25) is 0 Å². The molecule has 0 aliphatic carbocycles. The number of nitrogen functional groups attached to an aromatic ring is 1. The molecule has 1 aromatic heterocycles. The van der Waals surface area contributed by atoms with Crippen molar-refractivity contribution in [1.82, 2.24) is 0 Å². The first-order valence-corrected chi connectivity index (χ1v) is 5.32. The lowest BCUT2D eigenvalue weighted by molar-refractivity contribution is 0.0603. The summed E-state index contributed by atoms with van der Waals surface area (Å²) in [6.45, 7) is 3.62. The molecule has 0 radical (unpaired) electrons. The van der Waals surface area contributed by atoms with Crippen LogP contribution < -0.4 is 5.73 Å². The molecular formula is C13H13NO4. The number of fused-ring (bicyclic) bond motifs is 1. The molecule has 3 N–H and O–H groups in total. The van der Waals surface area contributed by atoms with E-state index in [1.165, 1.54) is 13.2 Å². The molecule has 0 fully saturated rings. The number of esters is 1. The fraction of sp³-hybridized carbons (Fsp3) is 0.154. The van der Waals surface area contributed by atoms with E-state index < -0.39 is 5.97 Å². The SMILES string of the molecule is C=CCc1c(O)ccc2oc(N)c(C(=O)OC)c12. The number of allylic oxidation sites excluding steroid dienone is 1. The number of furan rings is 1. The second kappa shape index (κ2) is 4.44. The van der Waals surface area contributed by atoms with Gasteiger partial charge in [0.25, 0.3) is 0 Å². The molecule has 5 heteroatoms. The van der Waals surface area contributed by atoms with Crippen LogP contribution in [0, 0.1) is 0 Å². The molecule has 1 heterocycles. The van der Waals surface area contributed by atoms with Crippen molar-refractivity contribution in [2.45, 2.75) is 6.42 Å². The summed E-state index contributed by atoms with van der Waals surface area (Å²) in [5.74, 6) is -0.553. The zero-order valence-corrected chi connectivity index (χ0v) is 9.90. The van der Waals surface area contributed by atoms with E-state index in [4.69, 9.17) is 10.2 Å². The highest BCUT2D eigenvalue weighted by molar-refractivity contribution is 6.09. The van der Waals surface area contributed by atoms with Crippen LogP contribution >= 0.6 is 0 Å². The van der Waals surface area contributed by atoms with Crippen molar-refractivity contribution in [1.29, 1.82) is 0 Å². The van der Waals surface area contributed by atoms with Crippen molar-refractivity contribution in [3.05, 3.63) is 35.9 Å². The van der Waals surface area contributed by atoms with Gasteiger partial charge in [-0.2, -0.15) is 0 Å². The first-order valence-electron chi connectivity index (χ1n) is 5.32. The van der Waals surface area contributed by atoms with Crippen molar-refractivity contribution in [3.8, 4) is 5.75 Å².